The van der Waals surface area contributed by atoms with Gasteiger partial charge in [0.1, 0.15) is 10.1 Å². The molecule has 0 amide bonds. The van der Waals surface area contributed by atoms with E-state index in [2.05, 4.69) is 5.10 Å². The number of carbonyl (C=O) groups excluding carboxylic acids is 2. The minimum atomic E-state index is -0.874. The molecule has 0 aliphatic heterocycles. The molecule has 0 fully saturated rings. The first-order valence-corrected chi connectivity index (χ1v) is 10.6. The summed E-state index contributed by atoms with van der Waals surface area (Å²) in [5, 5.41) is 5.20. The first-order valence-electron chi connectivity index (χ1n) is 8.67. The molecule has 160 valence electrons. The molecule has 31 heavy (non-hydrogen) atoms. The first kappa shape index (κ1) is 23.6. The Balaban J connectivity index is 2.02. The number of rotatable bonds is 5. The molecule has 5 nitrogen and oxygen atoms in total. The van der Waals surface area contributed by atoms with Crippen LogP contribution < -0.4 is 4.74 Å². The van der Waals surface area contributed by atoms with Crippen LogP contribution in [0.3, 0.4) is 0 Å². The maximum absolute atomic E-state index is 13.2. The van der Waals surface area contributed by atoms with Crippen LogP contribution in [0.2, 0.25) is 15.1 Å². The second-order valence-corrected chi connectivity index (χ2v) is 8.60. The predicted molar refractivity (Wildman–Crippen MR) is 124 cm³/mol. The van der Waals surface area contributed by atoms with Gasteiger partial charge in [0.25, 0.3) is 0 Å². The number of benzene rings is 2. The fraction of sp³-hybridized carbons (Fsp3) is 0.0952. The van der Waals surface area contributed by atoms with E-state index in [-0.39, 0.29) is 32.1 Å². The number of halogens is 5. The molecule has 0 N–H and O–H groups in total. The molecule has 0 atom stereocenters. The average Bonchev–Trinajstić information content (AvgIpc) is 2.95. The Hall–Kier alpha value is -2.02. The number of ketones is 1. The van der Waals surface area contributed by atoms with Gasteiger partial charge in [0, 0.05) is 22.7 Å². The van der Waals surface area contributed by atoms with Crippen molar-refractivity contribution in [3.05, 3.63) is 84.4 Å². The first-order chi connectivity index (χ1) is 14.6. The molecular formula is C21H13Cl5N2O3. The summed E-state index contributed by atoms with van der Waals surface area (Å²) in [5.41, 5.74) is 0.892. The largest absolute Gasteiger partial charge is 0.403 e. The summed E-state index contributed by atoms with van der Waals surface area (Å²) in [4.78, 5) is 26.1. The van der Waals surface area contributed by atoms with Gasteiger partial charge in [-0.3, -0.25) is 4.79 Å². The van der Waals surface area contributed by atoms with Crippen molar-refractivity contribution in [2.45, 2.75) is 6.92 Å². The number of esters is 1. The molecule has 0 bridgehead atoms. The lowest BCUT2D eigenvalue weighted by Gasteiger charge is -2.11. The van der Waals surface area contributed by atoms with Crippen molar-refractivity contribution in [2.24, 2.45) is 7.05 Å². The molecular weight excluding hydrogens is 506 g/mol. The second-order valence-electron chi connectivity index (χ2n) is 6.37. The highest BCUT2D eigenvalue weighted by Crippen LogP contribution is 2.32. The maximum atomic E-state index is 13.2. The number of ether oxygens (including phenoxy) is 1. The van der Waals surface area contributed by atoms with Crippen LogP contribution >= 0.6 is 58.0 Å². The summed E-state index contributed by atoms with van der Waals surface area (Å²) in [6.07, 6.45) is 0. The van der Waals surface area contributed by atoms with Gasteiger partial charge in [-0.25, -0.2) is 9.48 Å². The highest BCUT2D eigenvalue weighted by atomic mass is 35.5. The molecule has 0 aliphatic carbocycles. The van der Waals surface area contributed by atoms with Crippen LogP contribution in [0.1, 0.15) is 27.2 Å². The molecule has 2 aromatic carbocycles. The van der Waals surface area contributed by atoms with E-state index in [1.165, 1.54) is 29.9 Å². The summed E-state index contributed by atoms with van der Waals surface area (Å²) >= 11 is 29.9. The Morgan fingerprint density at radius 1 is 0.968 bits per heavy atom. The van der Waals surface area contributed by atoms with E-state index in [1.54, 1.807) is 31.2 Å². The third-order valence-electron chi connectivity index (χ3n) is 4.29. The fourth-order valence-electron chi connectivity index (χ4n) is 2.88. The number of hydrogen-bond donors (Lipinski definition) is 0. The van der Waals surface area contributed by atoms with Gasteiger partial charge in [-0.1, -0.05) is 70.1 Å². The van der Waals surface area contributed by atoms with Crippen molar-refractivity contribution < 1.29 is 14.3 Å². The SMILES string of the molecule is Cc1nn(C)c(OC(=O)C(=C(Cl)Cl)c2ccc(Cl)cc2)c1C(=O)c1ccc(Cl)cc1Cl. The van der Waals surface area contributed by atoms with Crippen molar-refractivity contribution in [2.75, 3.05) is 0 Å². The Morgan fingerprint density at radius 2 is 1.58 bits per heavy atom. The van der Waals surface area contributed by atoms with Crippen LogP contribution in [-0.4, -0.2) is 21.5 Å². The van der Waals surface area contributed by atoms with E-state index in [9.17, 15) is 9.59 Å². The zero-order valence-corrected chi connectivity index (χ0v) is 19.8. The van der Waals surface area contributed by atoms with E-state index in [0.29, 0.717) is 21.3 Å². The van der Waals surface area contributed by atoms with Crippen molar-refractivity contribution in [3.8, 4) is 5.88 Å². The van der Waals surface area contributed by atoms with Crippen molar-refractivity contribution in [3.63, 3.8) is 0 Å². The quantitative estimate of drug-likeness (QED) is 0.215. The van der Waals surface area contributed by atoms with Crippen molar-refractivity contribution in [1.82, 2.24) is 9.78 Å². The van der Waals surface area contributed by atoms with Gasteiger partial charge in [0.05, 0.1) is 16.3 Å². The summed E-state index contributed by atoms with van der Waals surface area (Å²) in [5.74, 6) is -1.44. The van der Waals surface area contributed by atoms with Gasteiger partial charge < -0.3 is 4.74 Å². The Morgan fingerprint density at radius 3 is 2.16 bits per heavy atom. The summed E-state index contributed by atoms with van der Waals surface area (Å²) in [6, 6.07) is 10.8. The summed E-state index contributed by atoms with van der Waals surface area (Å²) in [7, 11) is 1.53. The monoisotopic (exact) mass is 516 g/mol. The molecule has 0 radical (unpaired) electrons. The third-order valence-corrected chi connectivity index (χ3v) is 5.47. The van der Waals surface area contributed by atoms with E-state index >= 15 is 0 Å². The molecule has 10 heteroatoms. The highest BCUT2D eigenvalue weighted by Gasteiger charge is 2.28. The molecule has 0 aliphatic rings. The van der Waals surface area contributed by atoms with Gasteiger partial charge in [-0.2, -0.15) is 5.10 Å². The summed E-state index contributed by atoms with van der Waals surface area (Å²) in [6.45, 7) is 1.61. The smallest absolute Gasteiger partial charge is 0.347 e. The lowest BCUT2D eigenvalue weighted by Crippen LogP contribution is -2.16. The molecule has 1 heterocycles. The highest BCUT2D eigenvalue weighted by molar-refractivity contribution is 6.61. The van der Waals surface area contributed by atoms with Crippen LogP contribution in [-0.2, 0) is 11.8 Å². The van der Waals surface area contributed by atoms with Gasteiger partial charge in [0.2, 0.25) is 11.7 Å². The van der Waals surface area contributed by atoms with Crippen LogP contribution in [0.15, 0.2) is 47.0 Å². The Bertz CT molecular complexity index is 1210. The van der Waals surface area contributed by atoms with Gasteiger partial charge >= 0.3 is 5.97 Å². The average molecular weight is 519 g/mol. The minimum absolute atomic E-state index is 0.0706. The topological polar surface area (TPSA) is 61.2 Å². The number of nitrogens with zero attached hydrogens (tertiary/aromatic N) is 2. The Kier molecular flexibility index (Phi) is 7.35. The van der Waals surface area contributed by atoms with Crippen LogP contribution in [0.25, 0.3) is 5.57 Å². The number of aromatic nitrogens is 2. The normalized spacial score (nSPS) is 10.7. The molecule has 3 rings (SSSR count). The van der Waals surface area contributed by atoms with Crippen molar-refractivity contribution in [1.29, 1.82) is 0 Å². The lowest BCUT2D eigenvalue weighted by molar-refractivity contribution is -0.128. The van der Waals surface area contributed by atoms with E-state index in [1.807, 2.05) is 0 Å². The zero-order valence-electron chi connectivity index (χ0n) is 16.1. The maximum Gasteiger partial charge on any atom is 0.347 e. The molecule has 3 aromatic rings. The standard InChI is InChI=1S/C21H13Cl5N2O3/c1-10-16(18(29)14-8-7-13(23)9-15(14)24)20(28(2)27-10)31-21(30)17(19(25)26)11-3-5-12(22)6-4-11/h3-9H,1-2H3. The molecule has 1 aromatic heterocycles. The Labute approximate surface area is 203 Å². The third kappa shape index (κ3) is 5.08. The number of hydrogen-bond acceptors (Lipinski definition) is 4. The molecule has 0 saturated carbocycles. The zero-order chi connectivity index (χ0) is 22.9. The van der Waals surface area contributed by atoms with Crippen LogP contribution in [0.5, 0.6) is 5.88 Å². The minimum Gasteiger partial charge on any atom is -0.403 e. The number of aryl methyl sites for hydroxylation is 2. The van der Waals surface area contributed by atoms with Gasteiger partial charge in [-0.05, 0) is 42.8 Å². The van der Waals surface area contributed by atoms with E-state index in [4.69, 9.17) is 62.7 Å². The second kappa shape index (κ2) is 9.63. The lowest BCUT2D eigenvalue weighted by atomic mass is 10.0. The van der Waals surface area contributed by atoms with Gasteiger partial charge in [0.15, 0.2) is 0 Å². The van der Waals surface area contributed by atoms with E-state index in [0.717, 1.165) is 0 Å². The van der Waals surface area contributed by atoms with Crippen molar-refractivity contribution >= 4 is 75.3 Å². The molecule has 0 unspecified atom stereocenters. The molecule has 0 spiro atoms. The van der Waals surface area contributed by atoms with E-state index < -0.39 is 11.8 Å². The summed E-state index contributed by atoms with van der Waals surface area (Å²) < 4.78 is 6.49. The predicted octanol–water partition coefficient (Wildman–Crippen LogP) is 6.67. The fourth-order valence-corrected chi connectivity index (χ4v) is 3.88. The van der Waals surface area contributed by atoms with Crippen LogP contribution in [0.4, 0.5) is 0 Å². The number of carbonyl (C=O) groups is 2. The van der Waals surface area contributed by atoms with Crippen LogP contribution in [0, 0.1) is 6.92 Å². The molecule has 0 saturated heterocycles. The van der Waals surface area contributed by atoms with Gasteiger partial charge in [-0.15, -0.1) is 0 Å².